The van der Waals surface area contributed by atoms with Gasteiger partial charge in [0.2, 0.25) is 0 Å². The zero-order chi connectivity index (χ0) is 35.5. The van der Waals surface area contributed by atoms with E-state index in [-0.39, 0.29) is 36.4 Å². The smallest absolute Gasteiger partial charge is 0.407 e. The third kappa shape index (κ3) is 10.9. The molecule has 3 N–H and O–H groups in total. The van der Waals surface area contributed by atoms with Crippen LogP contribution in [0.5, 0.6) is 0 Å². The fourth-order valence-electron chi connectivity index (χ4n) is 6.44. The standard InChI is InChI=1S/C38H48N6O4S2/c1-26(2)36-41-32(24-49-36)22-43(3)38(47)44-21-30(39)19-34(44)35(45)18-29(16-27-10-6-4-7-11-27)14-15-31(17-28-12-8-5-9-13-28)42-37(46)48-23-33-20-40-25-50-33/h4-13,20,24-26,29-31,34H,14-19,21-23,39H2,1-3H3,(H,42,46)/t29-,30+,31-,34+/m1/s1. The second kappa shape index (κ2) is 18.2. The van der Waals surface area contributed by atoms with Crippen molar-refractivity contribution in [3.8, 4) is 0 Å². The molecule has 3 heterocycles. The number of Topliss-reactive ketones (excluding diaryl/α,β-unsaturated/α-hetero) is 1. The number of nitrogens with one attached hydrogen (secondary N) is 1. The molecule has 5 rings (SSSR count). The topological polar surface area (TPSA) is 131 Å². The van der Waals surface area contributed by atoms with Crippen LogP contribution < -0.4 is 11.1 Å². The largest absolute Gasteiger partial charge is 0.444 e. The van der Waals surface area contributed by atoms with Crippen LogP contribution in [0.1, 0.15) is 72.2 Å². The number of carbonyl (C=O) groups is 3. The number of nitrogens with zero attached hydrogens (tertiary/aromatic N) is 4. The first-order valence-electron chi connectivity index (χ1n) is 17.3. The second-order valence-electron chi connectivity index (χ2n) is 13.5. The van der Waals surface area contributed by atoms with Crippen LogP contribution in [-0.2, 0) is 35.5 Å². The molecule has 3 amide bonds. The molecule has 2 aromatic carbocycles. The second-order valence-corrected chi connectivity index (χ2v) is 15.4. The van der Waals surface area contributed by atoms with Gasteiger partial charge in [0.1, 0.15) is 6.61 Å². The minimum atomic E-state index is -0.583. The van der Waals surface area contributed by atoms with Crippen molar-refractivity contribution in [1.29, 1.82) is 0 Å². The molecule has 2 aromatic heterocycles. The Labute approximate surface area is 303 Å². The zero-order valence-electron chi connectivity index (χ0n) is 29.1. The Morgan fingerprint density at radius 3 is 2.36 bits per heavy atom. The number of nitrogens with two attached hydrogens (primary N) is 1. The Hall–Kier alpha value is -4.13. The van der Waals surface area contributed by atoms with E-state index in [2.05, 4.69) is 41.3 Å². The van der Waals surface area contributed by atoms with E-state index in [0.29, 0.717) is 57.5 Å². The number of hydrogen-bond donors (Lipinski definition) is 2. The number of thiazole rings is 2. The highest BCUT2D eigenvalue weighted by atomic mass is 32.1. The van der Waals surface area contributed by atoms with Gasteiger partial charge in [-0.25, -0.2) is 14.6 Å². The molecule has 0 radical (unpaired) electrons. The number of hydrogen-bond acceptors (Lipinski definition) is 9. The summed E-state index contributed by atoms with van der Waals surface area (Å²) in [6.45, 7) is 5.07. The molecule has 1 saturated heterocycles. The van der Waals surface area contributed by atoms with Crippen molar-refractivity contribution in [2.75, 3.05) is 13.6 Å². The van der Waals surface area contributed by atoms with Crippen molar-refractivity contribution in [1.82, 2.24) is 25.1 Å². The number of benzene rings is 2. The fourth-order valence-corrected chi connectivity index (χ4v) is 7.77. The minimum absolute atomic E-state index is 0.00541. The maximum atomic E-state index is 14.1. The van der Waals surface area contributed by atoms with E-state index in [1.165, 1.54) is 11.3 Å². The van der Waals surface area contributed by atoms with Gasteiger partial charge in [0.25, 0.3) is 0 Å². The van der Waals surface area contributed by atoms with E-state index in [1.54, 1.807) is 39.9 Å². The molecule has 0 spiro atoms. The summed E-state index contributed by atoms with van der Waals surface area (Å²) in [5.74, 6) is 0.339. The molecule has 266 valence electrons. The number of amides is 3. The molecule has 4 atom stereocenters. The lowest BCUT2D eigenvalue weighted by Gasteiger charge is -2.29. The molecule has 12 heteroatoms. The Kier molecular flexibility index (Phi) is 13.5. The molecule has 1 aliphatic heterocycles. The summed E-state index contributed by atoms with van der Waals surface area (Å²) in [6, 6.07) is 18.9. The van der Waals surface area contributed by atoms with Gasteiger partial charge < -0.3 is 25.6 Å². The average molecular weight is 717 g/mol. The SMILES string of the molecule is CC(C)c1nc(CN(C)C(=O)N2C[C@@H](N)C[C@H]2C(=O)C[C@H](CC[C@H](Cc2ccccc2)NC(=O)OCc2cncs2)Cc2ccccc2)cs1. The van der Waals surface area contributed by atoms with Crippen molar-refractivity contribution >= 4 is 40.6 Å². The van der Waals surface area contributed by atoms with Gasteiger partial charge in [-0.05, 0) is 49.1 Å². The van der Waals surface area contributed by atoms with E-state index in [1.807, 2.05) is 53.9 Å². The van der Waals surface area contributed by atoms with Crippen molar-refractivity contribution in [2.45, 2.75) is 89.6 Å². The molecule has 0 unspecified atom stereocenters. The van der Waals surface area contributed by atoms with Gasteiger partial charge in [-0.2, -0.15) is 0 Å². The highest BCUT2D eigenvalue weighted by Crippen LogP contribution is 2.27. The summed E-state index contributed by atoms with van der Waals surface area (Å²) >= 11 is 3.04. The van der Waals surface area contributed by atoms with Crippen molar-refractivity contribution < 1.29 is 19.1 Å². The van der Waals surface area contributed by atoms with E-state index >= 15 is 0 Å². The van der Waals surface area contributed by atoms with Gasteiger partial charge in [0.05, 0.1) is 33.7 Å². The quantitative estimate of drug-likeness (QED) is 0.130. The molecule has 0 saturated carbocycles. The van der Waals surface area contributed by atoms with Gasteiger partial charge in [-0.1, -0.05) is 74.5 Å². The number of urea groups is 1. The van der Waals surface area contributed by atoms with Crippen molar-refractivity contribution in [3.05, 3.63) is 104 Å². The van der Waals surface area contributed by atoms with Crippen LogP contribution >= 0.6 is 22.7 Å². The van der Waals surface area contributed by atoms with Gasteiger partial charge in [0.15, 0.2) is 5.78 Å². The van der Waals surface area contributed by atoms with Crippen LogP contribution in [0.2, 0.25) is 0 Å². The summed E-state index contributed by atoms with van der Waals surface area (Å²) in [6.07, 6.45) is 4.63. The Balaban J connectivity index is 1.26. The van der Waals surface area contributed by atoms with Crippen molar-refractivity contribution in [2.24, 2.45) is 11.7 Å². The first-order chi connectivity index (χ1) is 24.1. The maximum absolute atomic E-state index is 14.1. The number of ether oxygens (including phenoxy) is 1. The van der Waals surface area contributed by atoms with E-state index in [4.69, 9.17) is 10.5 Å². The van der Waals surface area contributed by atoms with Gasteiger partial charge >= 0.3 is 12.1 Å². The molecule has 1 aliphatic rings. The number of ketones is 1. The third-order valence-corrected chi connectivity index (χ3v) is 10.9. The summed E-state index contributed by atoms with van der Waals surface area (Å²) in [5.41, 5.74) is 11.2. The molecular formula is C38H48N6O4S2. The molecule has 0 bridgehead atoms. The lowest BCUT2D eigenvalue weighted by molar-refractivity contribution is -0.123. The molecule has 50 heavy (non-hydrogen) atoms. The van der Waals surface area contributed by atoms with Crippen LogP contribution in [0.25, 0.3) is 0 Å². The first-order valence-corrected chi connectivity index (χ1v) is 19.0. The fraction of sp³-hybridized carbons (Fsp3) is 0.447. The van der Waals surface area contributed by atoms with Gasteiger partial charge in [0, 0.05) is 49.6 Å². The van der Waals surface area contributed by atoms with E-state index < -0.39 is 12.1 Å². The lowest BCUT2D eigenvalue weighted by Crippen LogP contribution is -2.47. The van der Waals surface area contributed by atoms with Gasteiger partial charge in [-0.3, -0.25) is 9.78 Å². The van der Waals surface area contributed by atoms with Crippen LogP contribution in [0.15, 0.2) is 77.8 Å². The van der Waals surface area contributed by atoms with E-state index in [9.17, 15) is 14.4 Å². The lowest BCUT2D eigenvalue weighted by atomic mass is 9.86. The monoisotopic (exact) mass is 716 g/mol. The predicted molar refractivity (Wildman–Crippen MR) is 198 cm³/mol. The van der Waals surface area contributed by atoms with E-state index in [0.717, 1.165) is 26.7 Å². The number of carbonyl (C=O) groups excluding carboxylic acids is 3. The summed E-state index contributed by atoms with van der Waals surface area (Å²) in [4.78, 5) is 53.6. The van der Waals surface area contributed by atoms with Gasteiger partial charge in [-0.15, -0.1) is 22.7 Å². The molecule has 0 aliphatic carbocycles. The number of aromatic nitrogens is 2. The highest BCUT2D eigenvalue weighted by molar-refractivity contribution is 7.09. The zero-order valence-corrected chi connectivity index (χ0v) is 30.7. The third-order valence-electron chi connectivity index (χ3n) is 9.00. The summed E-state index contributed by atoms with van der Waals surface area (Å²) in [5, 5.41) is 6.11. The summed E-state index contributed by atoms with van der Waals surface area (Å²) < 4.78 is 5.51. The van der Waals surface area contributed by atoms with Crippen molar-refractivity contribution in [3.63, 3.8) is 0 Å². The number of alkyl carbamates (subject to hydrolysis) is 1. The number of likely N-dealkylation sites (tertiary alicyclic amines) is 1. The minimum Gasteiger partial charge on any atom is -0.444 e. The van der Waals surface area contributed by atoms with Crippen LogP contribution in [-0.4, -0.2) is 69.4 Å². The van der Waals surface area contributed by atoms with Crippen LogP contribution in [0.4, 0.5) is 9.59 Å². The average Bonchev–Trinajstić information content (AvgIpc) is 3.89. The van der Waals surface area contributed by atoms with Crippen LogP contribution in [0.3, 0.4) is 0 Å². The number of rotatable bonds is 16. The molecular weight excluding hydrogens is 669 g/mol. The Morgan fingerprint density at radius 2 is 1.72 bits per heavy atom. The molecule has 10 nitrogen and oxygen atoms in total. The summed E-state index contributed by atoms with van der Waals surface area (Å²) in [7, 11) is 1.75. The maximum Gasteiger partial charge on any atom is 0.407 e. The Morgan fingerprint density at radius 1 is 1.02 bits per heavy atom. The first kappa shape index (κ1) is 37.1. The molecule has 4 aromatic rings. The predicted octanol–water partition coefficient (Wildman–Crippen LogP) is 6.81. The normalized spacial score (nSPS) is 17.0. The van der Waals surface area contributed by atoms with Crippen LogP contribution in [0, 0.1) is 5.92 Å². The Bertz CT molecular complexity index is 1650. The molecule has 1 fully saturated rings. The highest BCUT2D eigenvalue weighted by Gasteiger charge is 2.39.